The molecule has 3 rings (SSSR count). The van der Waals surface area contributed by atoms with Crippen molar-refractivity contribution in [1.29, 1.82) is 0 Å². The van der Waals surface area contributed by atoms with E-state index in [9.17, 15) is 0 Å². The molecule has 0 unspecified atom stereocenters. The lowest BCUT2D eigenvalue weighted by Crippen LogP contribution is -1.96. The average molecular weight is 282 g/mol. The van der Waals surface area contributed by atoms with Gasteiger partial charge in [0.15, 0.2) is 0 Å². The monoisotopic (exact) mass is 281 g/mol. The van der Waals surface area contributed by atoms with Crippen molar-refractivity contribution in [2.24, 2.45) is 0 Å². The second-order valence-electron chi connectivity index (χ2n) is 5.11. The molecule has 0 amide bonds. The number of halogens is 1. The number of para-hydroxylation sites is 1. The number of pyridine rings is 1. The predicted octanol–water partition coefficient (Wildman–Crippen LogP) is 5.10. The number of fused-ring (bicyclic) bond motifs is 1. The summed E-state index contributed by atoms with van der Waals surface area (Å²) in [6, 6.07) is 16.7. The Bertz CT molecular complexity index is 763. The van der Waals surface area contributed by atoms with Crippen molar-refractivity contribution in [1.82, 2.24) is 4.98 Å². The number of aryl methyl sites for hydroxylation is 1. The van der Waals surface area contributed by atoms with Gasteiger partial charge in [-0.15, -0.1) is 0 Å². The van der Waals surface area contributed by atoms with Gasteiger partial charge in [-0.05, 0) is 37.0 Å². The lowest BCUT2D eigenvalue weighted by atomic mass is 10.0. The molecular formula is C18H16ClN. The fraction of sp³-hybridized carbons (Fsp3) is 0.167. The number of nitrogens with zero attached hydrogens (tertiary/aromatic N) is 1. The Balaban J connectivity index is 2.17. The van der Waals surface area contributed by atoms with Crippen LogP contribution in [0.4, 0.5) is 0 Å². The van der Waals surface area contributed by atoms with Gasteiger partial charge in [0.1, 0.15) is 0 Å². The van der Waals surface area contributed by atoms with Crippen molar-refractivity contribution in [3.8, 4) is 0 Å². The second kappa shape index (κ2) is 5.26. The van der Waals surface area contributed by atoms with E-state index in [4.69, 9.17) is 16.6 Å². The van der Waals surface area contributed by atoms with Crippen LogP contribution in [0.25, 0.3) is 10.9 Å². The van der Waals surface area contributed by atoms with E-state index in [0.717, 1.165) is 33.6 Å². The highest BCUT2D eigenvalue weighted by atomic mass is 35.5. The van der Waals surface area contributed by atoms with Crippen molar-refractivity contribution in [2.75, 3.05) is 0 Å². The first-order valence-corrected chi connectivity index (χ1v) is 7.13. The van der Waals surface area contributed by atoms with Gasteiger partial charge in [-0.3, -0.25) is 4.98 Å². The number of benzene rings is 2. The average Bonchev–Trinajstić information content (AvgIpc) is 2.47. The van der Waals surface area contributed by atoms with Crippen LogP contribution in [0.5, 0.6) is 0 Å². The highest BCUT2D eigenvalue weighted by molar-refractivity contribution is 6.36. The molecule has 0 spiro atoms. The Morgan fingerprint density at radius 3 is 2.45 bits per heavy atom. The highest BCUT2D eigenvalue weighted by Crippen LogP contribution is 2.30. The van der Waals surface area contributed by atoms with Crippen molar-refractivity contribution < 1.29 is 0 Å². The van der Waals surface area contributed by atoms with Crippen LogP contribution in [0.15, 0.2) is 48.5 Å². The first kappa shape index (κ1) is 13.1. The maximum Gasteiger partial charge on any atom is 0.0755 e. The maximum absolute atomic E-state index is 6.47. The zero-order chi connectivity index (χ0) is 14.1. The molecule has 0 radical (unpaired) electrons. The number of hydrogen-bond acceptors (Lipinski definition) is 1. The van der Waals surface area contributed by atoms with Gasteiger partial charge in [-0.25, -0.2) is 0 Å². The molecule has 0 atom stereocenters. The molecule has 2 aromatic carbocycles. The molecular weight excluding hydrogens is 266 g/mol. The number of hydrogen-bond donors (Lipinski definition) is 0. The van der Waals surface area contributed by atoms with E-state index in [1.165, 1.54) is 11.1 Å². The molecule has 0 N–H and O–H groups in total. The van der Waals surface area contributed by atoms with Crippen LogP contribution in [-0.2, 0) is 6.42 Å². The third-order valence-corrected chi connectivity index (χ3v) is 4.23. The van der Waals surface area contributed by atoms with Gasteiger partial charge in [-0.1, -0.05) is 60.1 Å². The molecule has 0 fully saturated rings. The summed E-state index contributed by atoms with van der Waals surface area (Å²) in [7, 11) is 0. The summed E-state index contributed by atoms with van der Waals surface area (Å²) in [6.07, 6.45) is 0.879. The van der Waals surface area contributed by atoms with Gasteiger partial charge in [0.2, 0.25) is 0 Å². The van der Waals surface area contributed by atoms with E-state index in [1.807, 2.05) is 26.0 Å². The van der Waals surface area contributed by atoms with Crippen LogP contribution in [0, 0.1) is 13.8 Å². The zero-order valence-corrected chi connectivity index (χ0v) is 12.4. The molecule has 0 aliphatic carbocycles. The van der Waals surface area contributed by atoms with Crippen LogP contribution in [0.3, 0.4) is 0 Å². The van der Waals surface area contributed by atoms with Gasteiger partial charge in [0, 0.05) is 11.1 Å². The lowest BCUT2D eigenvalue weighted by molar-refractivity contribution is 1.15. The van der Waals surface area contributed by atoms with Gasteiger partial charge >= 0.3 is 0 Å². The van der Waals surface area contributed by atoms with E-state index in [2.05, 4.69) is 36.4 Å². The van der Waals surface area contributed by atoms with Crippen molar-refractivity contribution in [3.05, 3.63) is 75.9 Å². The third kappa shape index (κ3) is 2.30. The molecule has 1 aromatic heterocycles. The normalized spacial score (nSPS) is 10.9. The van der Waals surface area contributed by atoms with Crippen LogP contribution in [0.1, 0.15) is 22.4 Å². The van der Waals surface area contributed by atoms with E-state index in [-0.39, 0.29) is 0 Å². The summed E-state index contributed by atoms with van der Waals surface area (Å²) in [5.41, 5.74) is 5.60. The minimum absolute atomic E-state index is 0.822. The molecule has 3 aromatic rings. The topological polar surface area (TPSA) is 12.9 Å². The molecule has 1 heterocycles. The van der Waals surface area contributed by atoms with Crippen molar-refractivity contribution >= 4 is 22.5 Å². The second-order valence-corrected chi connectivity index (χ2v) is 5.49. The lowest BCUT2D eigenvalue weighted by Gasteiger charge is -2.11. The minimum Gasteiger partial charge on any atom is -0.252 e. The highest BCUT2D eigenvalue weighted by Gasteiger charge is 2.10. The van der Waals surface area contributed by atoms with Crippen molar-refractivity contribution in [3.63, 3.8) is 0 Å². The summed E-state index contributed by atoms with van der Waals surface area (Å²) in [6.45, 7) is 4.04. The SMILES string of the molecule is Cc1nc2c(Cc3ccccc3)cccc2c(Cl)c1C. The summed E-state index contributed by atoms with van der Waals surface area (Å²) < 4.78 is 0. The number of rotatable bonds is 2. The van der Waals surface area contributed by atoms with E-state index in [0.29, 0.717) is 0 Å². The summed E-state index contributed by atoms with van der Waals surface area (Å²) in [4.78, 5) is 4.75. The van der Waals surface area contributed by atoms with Gasteiger partial charge in [-0.2, -0.15) is 0 Å². The van der Waals surface area contributed by atoms with E-state index >= 15 is 0 Å². The Hall–Kier alpha value is -1.86. The standard InChI is InChI=1S/C18H16ClN/c1-12-13(2)20-18-15(9-6-10-16(18)17(12)19)11-14-7-4-3-5-8-14/h3-10H,11H2,1-2H3. The summed E-state index contributed by atoms with van der Waals surface area (Å²) >= 11 is 6.47. The quantitative estimate of drug-likeness (QED) is 0.637. The Morgan fingerprint density at radius 2 is 1.70 bits per heavy atom. The summed E-state index contributed by atoms with van der Waals surface area (Å²) in [5, 5.41) is 1.87. The molecule has 2 heteroatoms. The van der Waals surface area contributed by atoms with Crippen LogP contribution in [0.2, 0.25) is 5.02 Å². The molecule has 20 heavy (non-hydrogen) atoms. The Labute approximate surface area is 124 Å². The van der Waals surface area contributed by atoms with Gasteiger partial charge in [0.25, 0.3) is 0 Å². The van der Waals surface area contributed by atoms with Gasteiger partial charge in [0.05, 0.1) is 10.5 Å². The molecule has 0 saturated heterocycles. The first-order valence-electron chi connectivity index (χ1n) is 6.75. The molecule has 0 bridgehead atoms. The molecule has 1 nitrogen and oxygen atoms in total. The fourth-order valence-corrected chi connectivity index (χ4v) is 2.76. The molecule has 0 aliphatic rings. The smallest absolute Gasteiger partial charge is 0.0755 e. The Morgan fingerprint density at radius 1 is 0.950 bits per heavy atom. The minimum atomic E-state index is 0.822. The zero-order valence-electron chi connectivity index (χ0n) is 11.7. The Kier molecular flexibility index (Phi) is 3.45. The molecule has 100 valence electrons. The van der Waals surface area contributed by atoms with Gasteiger partial charge < -0.3 is 0 Å². The predicted molar refractivity (Wildman–Crippen MR) is 85.5 cm³/mol. The maximum atomic E-state index is 6.47. The van der Waals surface area contributed by atoms with E-state index in [1.54, 1.807) is 0 Å². The van der Waals surface area contributed by atoms with Crippen LogP contribution < -0.4 is 0 Å². The largest absolute Gasteiger partial charge is 0.252 e. The van der Waals surface area contributed by atoms with Crippen LogP contribution in [-0.4, -0.2) is 4.98 Å². The fourth-order valence-electron chi connectivity index (χ4n) is 2.47. The van der Waals surface area contributed by atoms with Crippen LogP contribution >= 0.6 is 11.6 Å². The third-order valence-electron chi connectivity index (χ3n) is 3.74. The summed E-state index contributed by atoms with van der Waals surface area (Å²) in [5.74, 6) is 0. The number of aromatic nitrogens is 1. The van der Waals surface area contributed by atoms with E-state index < -0.39 is 0 Å². The molecule has 0 saturated carbocycles. The first-order chi connectivity index (χ1) is 9.66. The van der Waals surface area contributed by atoms with Crippen molar-refractivity contribution in [2.45, 2.75) is 20.3 Å². The molecule has 0 aliphatic heterocycles.